The predicted molar refractivity (Wildman–Crippen MR) is 89.8 cm³/mol. The molecule has 7 heteroatoms. The van der Waals surface area contributed by atoms with E-state index in [2.05, 4.69) is 11.8 Å². The zero-order chi connectivity index (χ0) is 17.1. The molecule has 1 atom stereocenters. The molecule has 0 spiro atoms. The summed E-state index contributed by atoms with van der Waals surface area (Å²) in [5.74, 6) is 0.239. The van der Waals surface area contributed by atoms with Gasteiger partial charge >= 0.3 is 5.69 Å². The second kappa shape index (κ2) is 7.12. The van der Waals surface area contributed by atoms with Crippen molar-refractivity contribution in [3.8, 4) is 0 Å². The molecule has 128 valence electrons. The van der Waals surface area contributed by atoms with Crippen molar-refractivity contribution < 1.29 is 4.79 Å². The van der Waals surface area contributed by atoms with Crippen LogP contribution in [0.25, 0.3) is 0 Å². The molecule has 0 radical (unpaired) electrons. The lowest BCUT2D eigenvalue weighted by Gasteiger charge is -2.30. The number of Topliss-reactive ketones (excluding diaryl/α,β-unsaturated/α-hetero) is 1. The van der Waals surface area contributed by atoms with Crippen LogP contribution < -0.4 is 17.0 Å². The van der Waals surface area contributed by atoms with Crippen LogP contribution in [0.15, 0.2) is 9.59 Å². The summed E-state index contributed by atoms with van der Waals surface area (Å²) in [6.07, 6.45) is 2.91. The molecule has 23 heavy (non-hydrogen) atoms. The molecule has 0 saturated carbocycles. The Bertz CT molecular complexity index is 705. The minimum Gasteiger partial charge on any atom is -0.384 e. The fourth-order valence-corrected chi connectivity index (χ4v) is 3.20. The molecule has 7 nitrogen and oxygen atoms in total. The van der Waals surface area contributed by atoms with Crippen LogP contribution in [0.3, 0.4) is 0 Å². The molecule has 1 aromatic rings. The van der Waals surface area contributed by atoms with Crippen LogP contribution in [0.4, 0.5) is 5.82 Å². The SMILES string of the molecule is CCCn1c(N)c(C(=O)CN2CCC[C@@H](C)C2)c(=O)n(C)c1=O. The van der Waals surface area contributed by atoms with Crippen LogP contribution in [-0.2, 0) is 13.6 Å². The largest absolute Gasteiger partial charge is 0.384 e. The number of carbonyl (C=O) groups is 1. The lowest BCUT2D eigenvalue weighted by Crippen LogP contribution is -2.45. The van der Waals surface area contributed by atoms with Gasteiger partial charge in [0.15, 0.2) is 5.78 Å². The summed E-state index contributed by atoms with van der Waals surface area (Å²) in [6, 6.07) is 0. The number of carbonyl (C=O) groups excluding carboxylic acids is 1. The first-order chi connectivity index (χ1) is 10.9. The highest BCUT2D eigenvalue weighted by molar-refractivity contribution is 6.01. The van der Waals surface area contributed by atoms with Crippen molar-refractivity contribution >= 4 is 11.6 Å². The molecule has 1 aliphatic heterocycles. The van der Waals surface area contributed by atoms with Crippen LogP contribution in [0.5, 0.6) is 0 Å². The molecule has 0 aliphatic carbocycles. The second-order valence-electron chi connectivity index (χ2n) is 6.46. The third-order valence-electron chi connectivity index (χ3n) is 4.42. The average molecular weight is 322 g/mol. The van der Waals surface area contributed by atoms with Crippen molar-refractivity contribution in [2.45, 2.75) is 39.7 Å². The second-order valence-corrected chi connectivity index (χ2v) is 6.46. The number of ketones is 1. The van der Waals surface area contributed by atoms with E-state index < -0.39 is 11.2 Å². The number of piperidine rings is 1. The fraction of sp³-hybridized carbons (Fsp3) is 0.688. The molecular weight excluding hydrogens is 296 g/mol. The molecule has 0 unspecified atom stereocenters. The number of aromatic nitrogens is 2. The number of nitrogen functional groups attached to an aromatic ring is 1. The van der Waals surface area contributed by atoms with Gasteiger partial charge in [0.25, 0.3) is 5.56 Å². The van der Waals surface area contributed by atoms with Crippen LogP contribution in [0.2, 0.25) is 0 Å². The Morgan fingerprint density at radius 2 is 2.04 bits per heavy atom. The first-order valence-corrected chi connectivity index (χ1v) is 8.21. The van der Waals surface area contributed by atoms with E-state index in [4.69, 9.17) is 5.73 Å². The zero-order valence-electron chi connectivity index (χ0n) is 14.2. The molecule has 0 amide bonds. The number of likely N-dealkylation sites (tertiary alicyclic amines) is 1. The summed E-state index contributed by atoms with van der Waals surface area (Å²) in [5.41, 5.74) is 4.85. The highest BCUT2D eigenvalue weighted by atomic mass is 16.2. The summed E-state index contributed by atoms with van der Waals surface area (Å²) in [5, 5.41) is 0. The van der Waals surface area contributed by atoms with E-state index in [-0.39, 0.29) is 23.7 Å². The summed E-state index contributed by atoms with van der Waals surface area (Å²) < 4.78 is 2.28. The first-order valence-electron chi connectivity index (χ1n) is 8.21. The number of nitrogens with zero attached hydrogens (tertiary/aromatic N) is 3. The standard InChI is InChI=1S/C16H26N4O3/c1-4-7-20-14(17)13(15(22)18(3)16(20)23)12(21)10-19-8-5-6-11(2)9-19/h11H,4-10,17H2,1-3H3/t11-/m1/s1. The summed E-state index contributed by atoms with van der Waals surface area (Å²) >= 11 is 0. The molecule has 2 rings (SSSR count). The Morgan fingerprint density at radius 1 is 1.35 bits per heavy atom. The monoisotopic (exact) mass is 322 g/mol. The van der Waals surface area contributed by atoms with Crippen LogP contribution in [-0.4, -0.2) is 39.5 Å². The van der Waals surface area contributed by atoms with Crippen LogP contribution >= 0.6 is 0 Å². The maximum atomic E-state index is 12.6. The summed E-state index contributed by atoms with van der Waals surface area (Å²) in [6.45, 7) is 6.33. The van der Waals surface area contributed by atoms with Gasteiger partial charge in [-0.15, -0.1) is 0 Å². The highest BCUT2D eigenvalue weighted by Crippen LogP contribution is 2.16. The van der Waals surface area contributed by atoms with Crippen molar-refractivity contribution in [1.82, 2.24) is 14.0 Å². The Kier molecular flexibility index (Phi) is 5.41. The number of rotatable bonds is 5. The van der Waals surface area contributed by atoms with Crippen LogP contribution in [0.1, 0.15) is 43.5 Å². The third kappa shape index (κ3) is 3.55. The van der Waals surface area contributed by atoms with Gasteiger partial charge in [-0.1, -0.05) is 13.8 Å². The molecule has 1 aliphatic rings. The number of anilines is 1. The van der Waals surface area contributed by atoms with Gasteiger partial charge in [0.1, 0.15) is 11.4 Å². The van der Waals surface area contributed by atoms with E-state index in [0.29, 0.717) is 18.9 Å². The van der Waals surface area contributed by atoms with E-state index in [9.17, 15) is 14.4 Å². The first kappa shape index (κ1) is 17.5. The summed E-state index contributed by atoms with van der Waals surface area (Å²) in [7, 11) is 1.38. The smallest absolute Gasteiger partial charge is 0.332 e. The lowest BCUT2D eigenvalue weighted by atomic mass is 10.00. The number of hydrogen-bond acceptors (Lipinski definition) is 5. The van der Waals surface area contributed by atoms with E-state index in [1.54, 1.807) is 0 Å². The minimum atomic E-state index is -0.602. The van der Waals surface area contributed by atoms with Crippen molar-refractivity contribution in [2.24, 2.45) is 13.0 Å². The van der Waals surface area contributed by atoms with E-state index in [1.807, 2.05) is 6.92 Å². The average Bonchev–Trinajstić information content (AvgIpc) is 2.49. The van der Waals surface area contributed by atoms with Gasteiger partial charge in [0.05, 0.1) is 6.54 Å². The molecule has 1 aromatic heterocycles. The van der Waals surface area contributed by atoms with Gasteiger partial charge in [-0.3, -0.25) is 23.6 Å². The van der Waals surface area contributed by atoms with Gasteiger partial charge in [0, 0.05) is 20.1 Å². The predicted octanol–water partition coefficient (Wildman–Crippen LogP) is 0.454. The van der Waals surface area contributed by atoms with Gasteiger partial charge in [-0.2, -0.15) is 0 Å². The van der Waals surface area contributed by atoms with Gasteiger partial charge in [-0.05, 0) is 31.7 Å². The van der Waals surface area contributed by atoms with E-state index in [0.717, 1.165) is 30.5 Å². The molecule has 2 N–H and O–H groups in total. The Balaban J connectivity index is 2.36. The maximum absolute atomic E-state index is 12.6. The lowest BCUT2D eigenvalue weighted by molar-refractivity contribution is 0.0891. The maximum Gasteiger partial charge on any atom is 0.332 e. The molecule has 0 bridgehead atoms. The summed E-state index contributed by atoms with van der Waals surface area (Å²) in [4.78, 5) is 39.2. The van der Waals surface area contributed by atoms with Crippen LogP contribution in [0, 0.1) is 5.92 Å². The molecular formula is C16H26N4O3. The van der Waals surface area contributed by atoms with E-state index in [1.165, 1.54) is 11.6 Å². The molecule has 1 fully saturated rings. The van der Waals surface area contributed by atoms with E-state index >= 15 is 0 Å². The van der Waals surface area contributed by atoms with Crippen molar-refractivity contribution in [2.75, 3.05) is 25.4 Å². The number of hydrogen-bond donors (Lipinski definition) is 1. The molecule has 1 saturated heterocycles. The number of nitrogens with two attached hydrogens (primary N) is 1. The highest BCUT2D eigenvalue weighted by Gasteiger charge is 2.25. The normalized spacial score (nSPS) is 19.0. The Morgan fingerprint density at radius 3 is 2.65 bits per heavy atom. The van der Waals surface area contributed by atoms with Crippen molar-refractivity contribution in [3.63, 3.8) is 0 Å². The van der Waals surface area contributed by atoms with Gasteiger partial charge in [0.2, 0.25) is 0 Å². The quantitative estimate of drug-likeness (QED) is 0.795. The third-order valence-corrected chi connectivity index (χ3v) is 4.42. The van der Waals surface area contributed by atoms with Gasteiger partial charge < -0.3 is 5.73 Å². The van der Waals surface area contributed by atoms with Crippen molar-refractivity contribution in [3.05, 3.63) is 26.4 Å². The van der Waals surface area contributed by atoms with Gasteiger partial charge in [-0.25, -0.2) is 4.79 Å². The van der Waals surface area contributed by atoms with Crippen molar-refractivity contribution in [1.29, 1.82) is 0 Å². The topological polar surface area (TPSA) is 90.3 Å². The zero-order valence-corrected chi connectivity index (χ0v) is 14.2. The Labute approximate surface area is 135 Å². The Hall–Kier alpha value is -1.89. The minimum absolute atomic E-state index is 0.00462. The molecule has 2 heterocycles. The fourth-order valence-electron chi connectivity index (χ4n) is 3.20. The molecule has 0 aromatic carbocycles.